The van der Waals surface area contributed by atoms with Crippen molar-refractivity contribution in [3.8, 4) is 5.75 Å². The average Bonchev–Trinajstić information content (AvgIpc) is 2.83. The molecule has 2 fully saturated rings. The number of morpholine rings is 2. The Morgan fingerprint density at radius 2 is 1.56 bits per heavy atom. The molecule has 2 aliphatic rings. The molecule has 0 unspecified atom stereocenters. The largest absolute Gasteiger partial charge is 0.484 e. The molecule has 0 atom stereocenters. The van der Waals surface area contributed by atoms with Crippen LogP contribution in [0.5, 0.6) is 5.75 Å². The fourth-order valence-electron chi connectivity index (χ4n) is 4.14. The van der Waals surface area contributed by atoms with Gasteiger partial charge in [0.15, 0.2) is 6.61 Å². The van der Waals surface area contributed by atoms with Gasteiger partial charge in [0, 0.05) is 26.2 Å². The maximum Gasteiger partial charge on any atom is 0.262 e. The summed E-state index contributed by atoms with van der Waals surface area (Å²) >= 11 is 0. The third kappa shape index (κ3) is 5.87. The smallest absolute Gasteiger partial charge is 0.262 e. The molecule has 2 saturated heterocycles. The lowest BCUT2D eigenvalue weighted by Gasteiger charge is -2.31. The Morgan fingerprint density at radius 3 is 2.21 bits per heavy atom. The molecule has 1 N–H and O–H groups in total. The summed E-state index contributed by atoms with van der Waals surface area (Å²) in [6, 6.07) is 10.6. The Bertz CT molecular complexity index is 1110. The highest BCUT2D eigenvalue weighted by Crippen LogP contribution is 2.31. The summed E-state index contributed by atoms with van der Waals surface area (Å²) in [6.07, 6.45) is 0. The van der Waals surface area contributed by atoms with Crippen molar-refractivity contribution in [2.24, 2.45) is 0 Å². The number of carbonyl (C=O) groups is 1. The van der Waals surface area contributed by atoms with E-state index in [4.69, 9.17) is 14.2 Å². The number of benzene rings is 2. The number of aryl methyl sites for hydroxylation is 2. The van der Waals surface area contributed by atoms with Gasteiger partial charge in [0.05, 0.1) is 42.7 Å². The minimum atomic E-state index is -3.71. The van der Waals surface area contributed by atoms with Gasteiger partial charge in [-0.1, -0.05) is 6.07 Å². The minimum Gasteiger partial charge on any atom is -0.484 e. The van der Waals surface area contributed by atoms with Gasteiger partial charge in [-0.2, -0.15) is 4.31 Å². The van der Waals surface area contributed by atoms with Crippen LogP contribution in [0.1, 0.15) is 11.1 Å². The van der Waals surface area contributed by atoms with Gasteiger partial charge >= 0.3 is 0 Å². The number of hydrogen-bond acceptors (Lipinski definition) is 7. The van der Waals surface area contributed by atoms with Crippen LogP contribution in [0, 0.1) is 13.8 Å². The number of rotatable bonds is 7. The summed E-state index contributed by atoms with van der Waals surface area (Å²) in [6.45, 7) is 7.52. The molecule has 2 heterocycles. The zero-order valence-corrected chi connectivity index (χ0v) is 20.4. The number of carbonyl (C=O) groups excluding carboxylic acids is 1. The van der Waals surface area contributed by atoms with Crippen LogP contribution >= 0.6 is 0 Å². The third-order valence-corrected chi connectivity index (χ3v) is 7.66. The zero-order valence-electron chi connectivity index (χ0n) is 19.6. The topological polar surface area (TPSA) is 97.4 Å². The van der Waals surface area contributed by atoms with E-state index in [0.29, 0.717) is 64.0 Å². The van der Waals surface area contributed by atoms with E-state index >= 15 is 0 Å². The molecule has 2 aromatic carbocycles. The second kappa shape index (κ2) is 10.7. The summed E-state index contributed by atoms with van der Waals surface area (Å²) in [7, 11) is -3.71. The predicted octanol–water partition coefficient (Wildman–Crippen LogP) is 2.18. The standard InChI is InChI=1S/C24H31N3O6S/c1-18-13-19(2)15-20(14-18)33-17-24(28)25-22-16-21(34(29,30)27-7-11-32-12-8-27)3-4-23(22)26-5-9-31-10-6-26/h3-4,13-16H,5-12,17H2,1-2H3,(H,25,28). The first-order valence-corrected chi connectivity index (χ1v) is 12.8. The second-order valence-electron chi connectivity index (χ2n) is 8.46. The number of anilines is 2. The summed E-state index contributed by atoms with van der Waals surface area (Å²) in [4.78, 5) is 15.0. The molecule has 0 aromatic heterocycles. The Kier molecular flexibility index (Phi) is 7.72. The van der Waals surface area contributed by atoms with Crippen LogP contribution in [-0.2, 0) is 24.3 Å². The lowest BCUT2D eigenvalue weighted by molar-refractivity contribution is -0.118. The van der Waals surface area contributed by atoms with Crippen molar-refractivity contribution < 1.29 is 27.4 Å². The highest BCUT2D eigenvalue weighted by molar-refractivity contribution is 7.89. The van der Waals surface area contributed by atoms with E-state index in [0.717, 1.165) is 16.8 Å². The van der Waals surface area contributed by atoms with E-state index in [9.17, 15) is 13.2 Å². The van der Waals surface area contributed by atoms with E-state index in [2.05, 4.69) is 10.2 Å². The Labute approximate surface area is 200 Å². The lowest BCUT2D eigenvalue weighted by atomic mass is 10.1. The highest BCUT2D eigenvalue weighted by Gasteiger charge is 2.28. The molecule has 9 nitrogen and oxygen atoms in total. The average molecular weight is 490 g/mol. The molecule has 34 heavy (non-hydrogen) atoms. The molecule has 0 radical (unpaired) electrons. The van der Waals surface area contributed by atoms with Gasteiger partial charge in [-0.05, 0) is 55.3 Å². The molecular weight excluding hydrogens is 458 g/mol. The van der Waals surface area contributed by atoms with Crippen LogP contribution in [0.4, 0.5) is 11.4 Å². The minimum absolute atomic E-state index is 0.136. The van der Waals surface area contributed by atoms with Gasteiger partial charge in [-0.25, -0.2) is 8.42 Å². The van der Waals surface area contributed by atoms with Gasteiger partial charge in [-0.15, -0.1) is 0 Å². The molecule has 4 rings (SSSR count). The van der Waals surface area contributed by atoms with Gasteiger partial charge in [0.1, 0.15) is 5.75 Å². The molecule has 1 amide bonds. The lowest BCUT2D eigenvalue weighted by Crippen LogP contribution is -2.40. The summed E-state index contributed by atoms with van der Waals surface area (Å²) in [5, 5.41) is 2.87. The molecule has 2 aliphatic heterocycles. The van der Waals surface area contributed by atoms with Crippen molar-refractivity contribution in [2.75, 3.05) is 69.4 Å². The van der Waals surface area contributed by atoms with E-state index in [1.165, 1.54) is 10.4 Å². The molecule has 0 saturated carbocycles. The molecule has 10 heteroatoms. The van der Waals surface area contributed by atoms with E-state index in [-0.39, 0.29) is 17.4 Å². The van der Waals surface area contributed by atoms with Crippen LogP contribution in [0.2, 0.25) is 0 Å². The fourth-order valence-corrected chi connectivity index (χ4v) is 5.58. The van der Waals surface area contributed by atoms with Gasteiger partial charge in [0.25, 0.3) is 5.91 Å². The Morgan fingerprint density at radius 1 is 0.941 bits per heavy atom. The number of ether oxygens (including phenoxy) is 3. The molecule has 0 bridgehead atoms. The van der Waals surface area contributed by atoms with Crippen molar-refractivity contribution in [1.82, 2.24) is 4.31 Å². The van der Waals surface area contributed by atoms with Crippen molar-refractivity contribution in [2.45, 2.75) is 18.7 Å². The normalized spacial score (nSPS) is 17.4. The van der Waals surface area contributed by atoms with Gasteiger partial charge in [0.2, 0.25) is 10.0 Å². The van der Waals surface area contributed by atoms with Crippen LogP contribution in [0.3, 0.4) is 0 Å². The molecule has 2 aromatic rings. The van der Waals surface area contributed by atoms with Gasteiger partial charge < -0.3 is 24.4 Å². The molecule has 184 valence electrons. The van der Waals surface area contributed by atoms with Crippen molar-refractivity contribution in [3.63, 3.8) is 0 Å². The quantitative estimate of drug-likeness (QED) is 0.637. The molecule has 0 aliphatic carbocycles. The first-order chi connectivity index (χ1) is 16.3. The van der Waals surface area contributed by atoms with E-state index in [1.54, 1.807) is 12.1 Å². The van der Waals surface area contributed by atoms with Crippen LogP contribution in [-0.4, -0.2) is 77.8 Å². The number of nitrogens with one attached hydrogen (secondary N) is 1. The number of amides is 1. The van der Waals surface area contributed by atoms with Crippen molar-refractivity contribution in [3.05, 3.63) is 47.5 Å². The van der Waals surface area contributed by atoms with E-state index in [1.807, 2.05) is 32.0 Å². The second-order valence-corrected chi connectivity index (χ2v) is 10.4. The Hall–Kier alpha value is -2.66. The van der Waals surface area contributed by atoms with E-state index < -0.39 is 10.0 Å². The van der Waals surface area contributed by atoms with Crippen LogP contribution in [0.25, 0.3) is 0 Å². The number of hydrogen-bond donors (Lipinski definition) is 1. The highest BCUT2D eigenvalue weighted by atomic mass is 32.2. The fraction of sp³-hybridized carbons (Fsp3) is 0.458. The summed E-state index contributed by atoms with van der Waals surface area (Å²) in [5.41, 5.74) is 3.28. The van der Waals surface area contributed by atoms with Crippen molar-refractivity contribution >= 4 is 27.3 Å². The SMILES string of the molecule is Cc1cc(C)cc(OCC(=O)Nc2cc(S(=O)(=O)N3CCOCC3)ccc2N2CCOCC2)c1. The van der Waals surface area contributed by atoms with Crippen molar-refractivity contribution in [1.29, 1.82) is 0 Å². The van der Waals surface area contributed by atoms with Gasteiger partial charge in [-0.3, -0.25) is 4.79 Å². The summed E-state index contributed by atoms with van der Waals surface area (Å²) in [5.74, 6) is 0.249. The molecular formula is C24H31N3O6S. The number of nitrogens with zero attached hydrogens (tertiary/aromatic N) is 2. The Balaban J connectivity index is 1.56. The first kappa shape index (κ1) is 24.5. The maximum atomic E-state index is 13.2. The van der Waals surface area contributed by atoms with Crippen LogP contribution in [0.15, 0.2) is 41.3 Å². The zero-order chi connectivity index (χ0) is 24.1. The third-order valence-electron chi connectivity index (χ3n) is 5.77. The maximum absolute atomic E-state index is 13.2. The predicted molar refractivity (Wildman–Crippen MR) is 129 cm³/mol. The van der Waals surface area contributed by atoms with Crippen LogP contribution < -0.4 is 15.0 Å². The molecule has 0 spiro atoms. The monoisotopic (exact) mass is 489 g/mol. The first-order valence-electron chi connectivity index (χ1n) is 11.4. The number of sulfonamides is 1. The summed E-state index contributed by atoms with van der Waals surface area (Å²) < 4.78 is 44.2.